The van der Waals surface area contributed by atoms with Crippen LogP contribution < -0.4 is 0 Å². The summed E-state index contributed by atoms with van der Waals surface area (Å²) in [6.45, 7) is 7.01. The van der Waals surface area contributed by atoms with Gasteiger partial charge < -0.3 is 14.5 Å². The predicted molar refractivity (Wildman–Crippen MR) is 87.8 cm³/mol. The van der Waals surface area contributed by atoms with Gasteiger partial charge in [-0.1, -0.05) is 6.92 Å². The maximum Gasteiger partial charge on any atom is 0.225 e. The van der Waals surface area contributed by atoms with E-state index in [9.17, 15) is 9.59 Å². The number of nitrogens with zero attached hydrogens (tertiary/aromatic N) is 2. The summed E-state index contributed by atoms with van der Waals surface area (Å²) in [7, 11) is 0. The van der Waals surface area contributed by atoms with E-state index in [0.29, 0.717) is 19.1 Å². The van der Waals surface area contributed by atoms with Gasteiger partial charge in [-0.05, 0) is 44.4 Å². The number of amides is 2. The molecule has 5 nitrogen and oxygen atoms in total. The second kappa shape index (κ2) is 7.65. The van der Waals surface area contributed by atoms with Gasteiger partial charge in [-0.15, -0.1) is 0 Å². The molecule has 3 aliphatic rings. The Bertz CT molecular complexity index is 418. The summed E-state index contributed by atoms with van der Waals surface area (Å²) in [6, 6.07) is 0. The van der Waals surface area contributed by atoms with Crippen LogP contribution >= 0.6 is 0 Å². The first-order valence-corrected chi connectivity index (χ1v) is 9.30. The highest BCUT2D eigenvalue weighted by atomic mass is 16.5. The Morgan fingerprint density at radius 3 is 1.70 bits per heavy atom. The van der Waals surface area contributed by atoms with E-state index < -0.39 is 0 Å². The molecule has 0 aliphatic carbocycles. The third kappa shape index (κ3) is 4.06. The van der Waals surface area contributed by atoms with Gasteiger partial charge in [0.1, 0.15) is 0 Å². The highest BCUT2D eigenvalue weighted by Crippen LogP contribution is 2.26. The summed E-state index contributed by atoms with van der Waals surface area (Å²) in [5.41, 5.74) is 0. The number of hydrogen-bond acceptors (Lipinski definition) is 3. The largest absolute Gasteiger partial charge is 0.381 e. The lowest BCUT2D eigenvalue weighted by molar-refractivity contribution is -0.144. The van der Waals surface area contributed by atoms with E-state index in [1.54, 1.807) is 0 Å². The quantitative estimate of drug-likeness (QED) is 0.780. The molecule has 3 aliphatic heterocycles. The Labute approximate surface area is 139 Å². The molecule has 0 saturated carbocycles. The summed E-state index contributed by atoms with van der Waals surface area (Å²) in [4.78, 5) is 29.2. The second-order valence-electron chi connectivity index (χ2n) is 7.49. The van der Waals surface area contributed by atoms with Crippen LogP contribution in [0, 0.1) is 17.8 Å². The Morgan fingerprint density at radius 2 is 1.17 bits per heavy atom. The topological polar surface area (TPSA) is 49.9 Å². The fourth-order valence-corrected chi connectivity index (χ4v) is 4.04. The van der Waals surface area contributed by atoms with Crippen LogP contribution in [-0.4, -0.2) is 61.0 Å². The Hall–Kier alpha value is -1.10. The zero-order valence-electron chi connectivity index (χ0n) is 14.3. The lowest BCUT2D eigenvalue weighted by Gasteiger charge is -2.38. The molecule has 0 radical (unpaired) electrons. The van der Waals surface area contributed by atoms with Crippen LogP contribution in [-0.2, 0) is 14.3 Å². The molecule has 130 valence electrons. The first-order valence-electron chi connectivity index (χ1n) is 9.30. The minimum Gasteiger partial charge on any atom is -0.381 e. The molecule has 0 aromatic carbocycles. The molecular weight excluding hydrogens is 292 g/mol. The van der Waals surface area contributed by atoms with E-state index >= 15 is 0 Å². The zero-order valence-corrected chi connectivity index (χ0v) is 14.3. The van der Waals surface area contributed by atoms with Gasteiger partial charge in [-0.25, -0.2) is 0 Å². The molecule has 3 fully saturated rings. The minimum absolute atomic E-state index is 0.127. The van der Waals surface area contributed by atoms with Crippen LogP contribution in [0.1, 0.15) is 45.4 Å². The maximum absolute atomic E-state index is 12.6. The van der Waals surface area contributed by atoms with Gasteiger partial charge >= 0.3 is 0 Å². The van der Waals surface area contributed by atoms with Crippen LogP contribution in [0.25, 0.3) is 0 Å². The van der Waals surface area contributed by atoms with Gasteiger partial charge in [0.15, 0.2) is 0 Å². The lowest BCUT2D eigenvalue weighted by Crippen LogP contribution is -2.48. The van der Waals surface area contributed by atoms with E-state index in [4.69, 9.17) is 4.74 Å². The van der Waals surface area contributed by atoms with Crippen molar-refractivity contribution in [2.24, 2.45) is 17.8 Å². The number of likely N-dealkylation sites (tertiary alicyclic amines) is 2. The van der Waals surface area contributed by atoms with Crippen molar-refractivity contribution in [1.82, 2.24) is 9.80 Å². The molecule has 0 aromatic heterocycles. The Kier molecular flexibility index (Phi) is 5.57. The van der Waals surface area contributed by atoms with Crippen molar-refractivity contribution in [3.05, 3.63) is 0 Å². The third-order valence-corrected chi connectivity index (χ3v) is 5.82. The lowest BCUT2D eigenvalue weighted by atomic mass is 9.91. The first kappa shape index (κ1) is 16.7. The van der Waals surface area contributed by atoms with Crippen molar-refractivity contribution < 1.29 is 14.3 Å². The van der Waals surface area contributed by atoms with Crippen molar-refractivity contribution in [2.45, 2.75) is 45.4 Å². The standard InChI is InChI=1S/C18H30N2O3/c1-14-2-8-19(9-3-14)17(21)15-4-10-20(11-5-15)18(22)16-6-12-23-13-7-16/h14-16H,2-13H2,1H3. The summed E-state index contributed by atoms with van der Waals surface area (Å²) in [6.07, 6.45) is 5.63. The first-order chi connectivity index (χ1) is 11.1. The smallest absolute Gasteiger partial charge is 0.225 e. The van der Waals surface area contributed by atoms with Crippen LogP contribution in [0.15, 0.2) is 0 Å². The molecule has 0 atom stereocenters. The minimum atomic E-state index is 0.127. The van der Waals surface area contributed by atoms with Gasteiger partial charge in [-0.2, -0.15) is 0 Å². The number of carbonyl (C=O) groups excluding carboxylic acids is 2. The monoisotopic (exact) mass is 322 g/mol. The van der Waals surface area contributed by atoms with Gasteiger partial charge in [0, 0.05) is 51.2 Å². The number of rotatable bonds is 2. The number of hydrogen-bond donors (Lipinski definition) is 0. The Balaban J connectivity index is 1.46. The third-order valence-electron chi connectivity index (χ3n) is 5.82. The molecule has 0 aromatic rings. The van der Waals surface area contributed by atoms with Gasteiger partial charge in [0.2, 0.25) is 11.8 Å². The fraction of sp³-hybridized carbons (Fsp3) is 0.889. The molecule has 0 unspecified atom stereocenters. The van der Waals surface area contributed by atoms with E-state index in [2.05, 4.69) is 11.8 Å². The van der Waals surface area contributed by atoms with E-state index in [1.165, 1.54) is 0 Å². The molecule has 5 heteroatoms. The van der Waals surface area contributed by atoms with Crippen LogP contribution in [0.2, 0.25) is 0 Å². The van der Waals surface area contributed by atoms with Crippen LogP contribution in [0.5, 0.6) is 0 Å². The highest BCUT2D eigenvalue weighted by molar-refractivity contribution is 5.81. The van der Waals surface area contributed by atoms with E-state index in [0.717, 1.165) is 70.6 Å². The summed E-state index contributed by atoms with van der Waals surface area (Å²) < 4.78 is 5.34. The van der Waals surface area contributed by atoms with Crippen molar-refractivity contribution in [2.75, 3.05) is 39.4 Å². The Morgan fingerprint density at radius 1 is 0.739 bits per heavy atom. The van der Waals surface area contributed by atoms with Gasteiger partial charge in [0.25, 0.3) is 0 Å². The molecule has 2 amide bonds. The maximum atomic E-state index is 12.6. The number of piperidine rings is 2. The van der Waals surface area contributed by atoms with Crippen molar-refractivity contribution in [1.29, 1.82) is 0 Å². The number of carbonyl (C=O) groups is 2. The summed E-state index contributed by atoms with van der Waals surface area (Å²) in [5.74, 6) is 1.63. The second-order valence-corrected chi connectivity index (χ2v) is 7.49. The van der Waals surface area contributed by atoms with Crippen molar-refractivity contribution in [3.8, 4) is 0 Å². The summed E-state index contributed by atoms with van der Waals surface area (Å²) >= 11 is 0. The van der Waals surface area contributed by atoms with Crippen LogP contribution in [0.4, 0.5) is 0 Å². The molecule has 23 heavy (non-hydrogen) atoms. The van der Waals surface area contributed by atoms with E-state index in [-0.39, 0.29) is 17.7 Å². The average molecular weight is 322 g/mol. The SMILES string of the molecule is CC1CCN(C(=O)C2CCN(C(=O)C3CCOCC3)CC2)CC1. The highest BCUT2D eigenvalue weighted by Gasteiger charge is 2.33. The predicted octanol–water partition coefficient (Wildman–Crippen LogP) is 1.91. The number of ether oxygens (including phenoxy) is 1. The normalized spacial score (nSPS) is 25.6. The molecule has 3 saturated heterocycles. The fourth-order valence-electron chi connectivity index (χ4n) is 4.04. The van der Waals surface area contributed by atoms with Gasteiger partial charge in [0.05, 0.1) is 0 Å². The molecule has 0 bridgehead atoms. The van der Waals surface area contributed by atoms with Crippen LogP contribution in [0.3, 0.4) is 0 Å². The van der Waals surface area contributed by atoms with Crippen molar-refractivity contribution in [3.63, 3.8) is 0 Å². The zero-order chi connectivity index (χ0) is 16.2. The molecule has 0 N–H and O–H groups in total. The molecular formula is C18H30N2O3. The molecule has 3 rings (SSSR count). The summed E-state index contributed by atoms with van der Waals surface area (Å²) in [5, 5.41) is 0. The molecule has 0 spiro atoms. The molecule has 3 heterocycles. The van der Waals surface area contributed by atoms with Gasteiger partial charge in [-0.3, -0.25) is 9.59 Å². The van der Waals surface area contributed by atoms with E-state index in [1.807, 2.05) is 4.90 Å². The average Bonchev–Trinajstić information content (AvgIpc) is 2.62. The van der Waals surface area contributed by atoms with Crippen molar-refractivity contribution >= 4 is 11.8 Å².